The molecule has 3 aromatic rings. The van der Waals surface area contributed by atoms with Gasteiger partial charge in [0, 0.05) is 12.1 Å². The summed E-state index contributed by atoms with van der Waals surface area (Å²) in [7, 11) is 0. The van der Waals surface area contributed by atoms with E-state index in [9.17, 15) is 55.9 Å². The Morgan fingerprint density at radius 1 is 0.905 bits per heavy atom. The van der Waals surface area contributed by atoms with Gasteiger partial charge in [0.2, 0.25) is 11.7 Å². The highest BCUT2D eigenvalue weighted by Crippen LogP contribution is 2.43. The second-order valence-corrected chi connectivity index (χ2v) is 10.3. The lowest BCUT2D eigenvalue weighted by Crippen LogP contribution is -2.62. The number of phenols is 2. The first kappa shape index (κ1) is 30.1. The molecule has 2 aliphatic rings. The molecule has 2 fully saturated rings. The summed E-state index contributed by atoms with van der Waals surface area (Å²) in [4.78, 5) is 13.9. The highest BCUT2D eigenvalue weighted by molar-refractivity contribution is 5.89. The molecule has 0 radical (unpaired) electrons. The van der Waals surface area contributed by atoms with Crippen molar-refractivity contribution in [2.24, 2.45) is 0 Å². The molecule has 10 atom stereocenters. The molecule has 2 aliphatic heterocycles. The van der Waals surface area contributed by atoms with Gasteiger partial charge >= 0.3 is 0 Å². The van der Waals surface area contributed by atoms with E-state index in [4.69, 9.17) is 18.6 Å². The summed E-state index contributed by atoms with van der Waals surface area (Å²) in [5.74, 6) is -4.80. The van der Waals surface area contributed by atoms with E-state index in [1.807, 2.05) is 0 Å². The van der Waals surface area contributed by atoms with E-state index >= 15 is 0 Å². The van der Waals surface area contributed by atoms with Crippen molar-refractivity contribution >= 4 is 11.0 Å². The van der Waals surface area contributed by atoms with Gasteiger partial charge in [-0.25, -0.2) is 0 Å². The number of fused-ring (bicyclic) bond motifs is 1. The number of ether oxygens (including phenoxy) is 3. The van der Waals surface area contributed by atoms with Crippen LogP contribution in [0.4, 0.5) is 0 Å². The Hall–Kier alpha value is -3.35. The van der Waals surface area contributed by atoms with Crippen LogP contribution in [0.1, 0.15) is 12.7 Å². The molecule has 10 N–H and O–H groups in total. The Labute approximate surface area is 236 Å². The number of aromatic hydroxyl groups is 2. The third-order valence-electron chi connectivity index (χ3n) is 7.45. The molecular weight excluding hydrogens is 564 g/mol. The van der Waals surface area contributed by atoms with Gasteiger partial charge < -0.3 is 69.7 Å². The minimum absolute atomic E-state index is 0.0528. The number of aliphatic hydroxyl groups excluding tert-OH is 7. The van der Waals surface area contributed by atoms with E-state index in [1.54, 1.807) is 0 Å². The molecule has 0 saturated carbocycles. The molecule has 0 aliphatic carbocycles. The van der Waals surface area contributed by atoms with Crippen LogP contribution in [0, 0.1) is 0 Å². The van der Waals surface area contributed by atoms with Crippen LogP contribution in [0.2, 0.25) is 0 Å². The maximum absolute atomic E-state index is 13.9. The van der Waals surface area contributed by atoms with Gasteiger partial charge in [0.25, 0.3) is 5.79 Å². The molecule has 0 bridgehead atoms. The molecular formula is C27H30O15. The SMILES string of the molecule is C[C@@H]1OC(O)(c2oc3cc(O[C@@H]4OC(CO)[C@@H](O)C(O)C4O)cc(O)c3c(=O)c2-c2ccc(O)cc2)[C@H](O)[C@H](O)[C@H]1O. The zero-order chi connectivity index (χ0) is 30.7. The van der Waals surface area contributed by atoms with Gasteiger partial charge in [-0.2, -0.15) is 0 Å². The van der Waals surface area contributed by atoms with E-state index < -0.39 is 101 Å². The molecule has 4 unspecified atom stereocenters. The maximum atomic E-state index is 13.9. The summed E-state index contributed by atoms with van der Waals surface area (Å²) in [6, 6.07) is 7.04. The van der Waals surface area contributed by atoms with E-state index in [0.717, 1.165) is 12.1 Å². The van der Waals surface area contributed by atoms with Crippen LogP contribution < -0.4 is 10.2 Å². The van der Waals surface area contributed by atoms with Crippen molar-refractivity contribution in [1.29, 1.82) is 0 Å². The van der Waals surface area contributed by atoms with Gasteiger partial charge in [0.1, 0.15) is 70.9 Å². The van der Waals surface area contributed by atoms with Crippen LogP contribution in [0.25, 0.3) is 22.1 Å². The highest BCUT2D eigenvalue weighted by Gasteiger charge is 2.56. The number of aliphatic hydroxyl groups is 8. The molecule has 15 nitrogen and oxygen atoms in total. The zero-order valence-corrected chi connectivity index (χ0v) is 21.9. The molecule has 228 valence electrons. The van der Waals surface area contributed by atoms with Gasteiger partial charge in [-0.15, -0.1) is 0 Å². The highest BCUT2D eigenvalue weighted by atomic mass is 16.7. The summed E-state index contributed by atoms with van der Waals surface area (Å²) in [6.45, 7) is 0.564. The van der Waals surface area contributed by atoms with Gasteiger partial charge in [0.05, 0.1) is 18.3 Å². The summed E-state index contributed by atoms with van der Waals surface area (Å²) in [5, 5.41) is 103. The van der Waals surface area contributed by atoms with Crippen molar-refractivity contribution in [2.75, 3.05) is 6.61 Å². The Bertz CT molecular complexity index is 1500. The number of hydrogen-bond acceptors (Lipinski definition) is 15. The minimum Gasteiger partial charge on any atom is -0.508 e. The van der Waals surface area contributed by atoms with Crippen molar-refractivity contribution in [1.82, 2.24) is 0 Å². The van der Waals surface area contributed by atoms with E-state index in [2.05, 4.69) is 0 Å². The molecule has 3 heterocycles. The van der Waals surface area contributed by atoms with Gasteiger partial charge in [0.15, 0.2) is 5.76 Å². The molecule has 5 rings (SSSR count). The predicted octanol–water partition coefficient (Wildman–Crippen LogP) is -2.30. The third kappa shape index (κ3) is 4.88. The standard InChI is InChI=1S/C27H30O15/c1-9-18(31)22(35)24(37)27(38,42-9)25-16(10-2-4-11(29)5-3-10)20(33)17-13(30)6-12(7-14(17)40-25)39-26-23(36)21(34)19(32)15(8-28)41-26/h2-7,9,15,18-19,21-24,26,28-32,34-38H,8H2,1H3/t9-,15?,18-,19+,21?,22+,23?,24+,26+,27?/m0/s1. The fourth-order valence-electron chi connectivity index (χ4n) is 5.09. The van der Waals surface area contributed by atoms with Crippen LogP contribution in [-0.2, 0) is 15.3 Å². The lowest BCUT2D eigenvalue weighted by molar-refractivity contribution is -0.357. The fourth-order valence-corrected chi connectivity index (χ4v) is 5.09. The smallest absolute Gasteiger partial charge is 0.256 e. The lowest BCUT2D eigenvalue weighted by atomic mass is 9.88. The molecule has 2 aromatic carbocycles. The quantitative estimate of drug-likeness (QED) is 0.149. The van der Waals surface area contributed by atoms with E-state index in [0.29, 0.717) is 0 Å². The second-order valence-electron chi connectivity index (χ2n) is 10.3. The molecule has 1 aromatic heterocycles. The first-order valence-corrected chi connectivity index (χ1v) is 12.8. The Morgan fingerprint density at radius 2 is 1.57 bits per heavy atom. The van der Waals surface area contributed by atoms with Crippen LogP contribution >= 0.6 is 0 Å². The van der Waals surface area contributed by atoms with Crippen LogP contribution in [-0.4, -0.2) is 113 Å². The number of rotatable bonds is 5. The lowest BCUT2D eigenvalue weighted by Gasteiger charge is -2.44. The van der Waals surface area contributed by atoms with E-state index in [1.165, 1.54) is 31.2 Å². The summed E-state index contributed by atoms with van der Waals surface area (Å²) in [5.41, 5.74) is -1.74. The molecule has 15 heteroatoms. The van der Waals surface area contributed by atoms with Crippen molar-refractivity contribution in [2.45, 2.75) is 67.8 Å². The van der Waals surface area contributed by atoms with E-state index in [-0.39, 0.29) is 17.1 Å². The fraction of sp³-hybridized carbons (Fsp3) is 0.444. The zero-order valence-electron chi connectivity index (χ0n) is 21.9. The van der Waals surface area contributed by atoms with Crippen LogP contribution in [0.15, 0.2) is 45.6 Å². The average molecular weight is 595 g/mol. The number of phenolic OH excluding ortho intramolecular Hbond substituents is 2. The van der Waals surface area contributed by atoms with Crippen molar-refractivity contribution in [3.05, 3.63) is 52.4 Å². The first-order valence-electron chi connectivity index (χ1n) is 12.8. The topological polar surface area (TPSA) is 260 Å². The largest absolute Gasteiger partial charge is 0.508 e. The van der Waals surface area contributed by atoms with Crippen LogP contribution in [0.5, 0.6) is 17.2 Å². The minimum atomic E-state index is -2.91. The molecule has 42 heavy (non-hydrogen) atoms. The van der Waals surface area contributed by atoms with Crippen LogP contribution in [0.3, 0.4) is 0 Å². The number of benzene rings is 2. The number of hydrogen-bond donors (Lipinski definition) is 10. The Kier molecular flexibility index (Phi) is 7.92. The molecule has 0 spiro atoms. The van der Waals surface area contributed by atoms with Gasteiger partial charge in [-0.1, -0.05) is 12.1 Å². The third-order valence-corrected chi connectivity index (χ3v) is 7.45. The second kappa shape index (κ2) is 11.1. The Balaban J connectivity index is 1.68. The molecule has 2 saturated heterocycles. The summed E-state index contributed by atoms with van der Waals surface area (Å²) < 4.78 is 22.2. The Morgan fingerprint density at radius 3 is 2.21 bits per heavy atom. The normalized spacial score (nSPS) is 35.3. The van der Waals surface area contributed by atoms with Crippen molar-refractivity contribution in [3.8, 4) is 28.4 Å². The van der Waals surface area contributed by atoms with Crippen molar-refractivity contribution < 1.29 is 69.7 Å². The summed E-state index contributed by atoms with van der Waals surface area (Å²) in [6.07, 6.45) is -15.3. The van der Waals surface area contributed by atoms with Gasteiger partial charge in [-0.05, 0) is 24.6 Å². The maximum Gasteiger partial charge on any atom is 0.256 e. The molecule has 0 amide bonds. The predicted molar refractivity (Wildman–Crippen MR) is 138 cm³/mol. The monoisotopic (exact) mass is 594 g/mol. The van der Waals surface area contributed by atoms with Crippen molar-refractivity contribution in [3.63, 3.8) is 0 Å². The average Bonchev–Trinajstić information content (AvgIpc) is 2.95. The summed E-state index contributed by atoms with van der Waals surface area (Å²) >= 11 is 0. The first-order chi connectivity index (χ1) is 19.8. The van der Waals surface area contributed by atoms with Gasteiger partial charge in [-0.3, -0.25) is 4.79 Å².